The second-order valence-corrected chi connectivity index (χ2v) is 3.67. The molecule has 0 fully saturated rings. The Labute approximate surface area is 99.4 Å². The Morgan fingerprint density at radius 1 is 1.62 bits per heavy atom. The quantitative estimate of drug-likeness (QED) is 0.460. The molecule has 1 aromatic heterocycles. The molecule has 0 saturated carbocycles. The number of esters is 1. The molecule has 0 aliphatic rings. The fourth-order valence-electron chi connectivity index (χ4n) is 1.27. The van der Waals surface area contributed by atoms with Crippen LogP contribution in [0.25, 0.3) is 0 Å². The van der Waals surface area contributed by atoms with Crippen LogP contribution in [0.2, 0.25) is 0 Å². The molecule has 0 aliphatic carbocycles. The van der Waals surface area contributed by atoms with Crippen LogP contribution in [0.4, 0.5) is 5.82 Å². The number of methoxy groups -OCH3 is 1. The number of hydrogen-bond donors (Lipinski definition) is 0. The Morgan fingerprint density at radius 3 is 2.81 bits per heavy atom. The number of aromatic nitrogens is 1. The monoisotopic (exact) mass is 236 g/mol. The number of carbonyl (C=O) groups is 1. The molecule has 0 saturated heterocycles. The van der Waals surface area contributed by atoms with Gasteiger partial charge < -0.3 is 4.74 Å². The second-order valence-electron chi connectivity index (χ2n) is 3.49. The number of pyridine rings is 1. The largest absolute Gasteiger partial charge is 0.465 e. The number of aliphatic imine (C=N–C) groups is 1. The van der Waals surface area contributed by atoms with E-state index in [1.165, 1.54) is 13.3 Å². The molecule has 1 heterocycles. The molecule has 4 nitrogen and oxygen atoms in total. The van der Waals surface area contributed by atoms with Crippen LogP contribution in [0.5, 0.6) is 0 Å². The number of nitrogens with zero attached hydrogens (tertiary/aromatic N) is 2. The molecule has 0 spiro atoms. The van der Waals surface area contributed by atoms with Crippen LogP contribution in [0.1, 0.15) is 35.7 Å². The van der Waals surface area contributed by atoms with Crippen molar-refractivity contribution >= 4 is 29.2 Å². The Hall–Kier alpha value is -1.58. The zero-order valence-corrected chi connectivity index (χ0v) is 10.2. The van der Waals surface area contributed by atoms with E-state index in [9.17, 15) is 4.79 Å². The van der Waals surface area contributed by atoms with Gasteiger partial charge in [-0.05, 0) is 24.2 Å². The minimum atomic E-state index is -0.410. The fraction of sp³-hybridized carbons (Fsp3) is 0.364. The predicted octanol–water partition coefficient (Wildman–Crippen LogP) is 2.73. The lowest BCUT2D eigenvalue weighted by Gasteiger charge is -2.08. The van der Waals surface area contributed by atoms with Crippen molar-refractivity contribution in [3.63, 3.8) is 0 Å². The Balaban J connectivity index is 3.27. The standard InChI is InChI=1S/C11H12N2O2S/c1-7(2)9-4-8(11(14)15-3)5-12-10(9)13-6-16/h4-5,7H,1-3H3. The summed E-state index contributed by atoms with van der Waals surface area (Å²) >= 11 is 4.54. The third kappa shape index (κ3) is 2.72. The van der Waals surface area contributed by atoms with Crippen molar-refractivity contribution in [3.05, 3.63) is 23.4 Å². The summed E-state index contributed by atoms with van der Waals surface area (Å²) in [5.41, 5.74) is 1.26. The molecule has 1 aromatic rings. The lowest BCUT2D eigenvalue weighted by molar-refractivity contribution is 0.0600. The maximum absolute atomic E-state index is 11.3. The molecular weight excluding hydrogens is 224 g/mol. The van der Waals surface area contributed by atoms with Gasteiger partial charge in [0.05, 0.1) is 17.8 Å². The molecule has 1 rings (SSSR count). The fourth-order valence-corrected chi connectivity index (χ4v) is 1.35. The molecular formula is C11H12N2O2S. The zero-order chi connectivity index (χ0) is 12.1. The van der Waals surface area contributed by atoms with E-state index in [1.807, 2.05) is 13.8 Å². The van der Waals surface area contributed by atoms with E-state index in [1.54, 1.807) is 6.07 Å². The maximum atomic E-state index is 11.3. The van der Waals surface area contributed by atoms with Crippen LogP contribution in [0.3, 0.4) is 0 Å². The Morgan fingerprint density at radius 2 is 2.31 bits per heavy atom. The summed E-state index contributed by atoms with van der Waals surface area (Å²) in [6.07, 6.45) is 1.42. The van der Waals surface area contributed by atoms with Crippen molar-refractivity contribution < 1.29 is 9.53 Å². The minimum absolute atomic E-state index is 0.194. The van der Waals surface area contributed by atoms with E-state index in [0.717, 1.165) is 5.56 Å². The predicted molar refractivity (Wildman–Crippen MR) is 64.4 cm³/mol. The van der Waals surface area contributed by atoms with Crippen LogP contribution >= 0.6 is 12.2 Å². The van der Waals surface area contributed by atoms with Gasteiger partial charge >= 0.3 is 5.97 Å². The van der Waals surface area contributed by atoms with Gasteiger partial charge in [-0.25, -0.2) is 9.78 Å². The highest BCUT2D eigenvalue weighted by molar-refractivity contribution is 7.78. The minimum Gasteiger partial charge on any atom is -0.465 e. The van der Waals surface area contributed by atoms with Gasteiger partial charge in [0.15, 0.2) is 5.82 Å². The Bertz CT molecular complexity index is 451. The van der Waals surface area contributed by atoms with Crippen LogP contribution in [0, 0.1) is 0 Å². The van der Waals surface area contributed by atoms with Crippen LogP contribution in [-0.2, 0) is 4.74 Å². The number of ether oxygens (including phenoxy) is 1. The highest BCUT2D eigenvalue weighted by Crippen LogP contribution is 2.25. The summed E-state index contributed by atoms with van der Waals surface area (Å²) in [4.78, 5) is 19.2. The average molecular weight is 236 g/mol. The SMILES string of the molecule is COC(=O)c1cnc(N=C=S)c(C(C)C)c1. The van der Waals surface area contributed by atoms with Gasteiger partial charge in [-0.3, -0.25) is 0 Å². The lowest BCUT2D eigenvalue weighted by Crippen LogP contribution is -2.03. The van der Waals surface area contributed by atoms with E-state index in [-0.39, 0.29) is 5.92 Å². The average Bonchev–Trinajstić information content (AvgIpc) is 2.28. The molecule has 0 amide bonds. The summed E-state index contributed by atoms with van der Waals surface area (Å²) in [5.74, 6) is 0.282. The van der Waals surface area contributed by atoms with Gasteiger partial charge in [-0.15, -0.1) is 0 Å². The maximum Gasteiger partial charge on any atom is 0.339 e. The Kier molecular flexibility index (Phi) is 4.28. The van der Waals surface area contributed by atoms with Crippen LogP contribution in [-0.4, -0.2) is 23.2 Å². The van der Waals surface area contributed by atoms with Gasteiger partial charge in [0.25, 0.3) is 0 Å². The number of hydrogen-bond acceptors (Lipinski definition) is 5. The summed E-state index contributed by atoms with van der Waals surface area (Å²) in [5, 5.41) is 2.27. The van der Waals surface area contributed by atoms with Crippen LogP contribution in [0.15, 0.2) is 17.3 Å². The van der Waals surface area contributed by atoms with Crippen molar-refractivity contribution in [2.24, 2.45) is 4.99 Å². The highest BCUT2D eigenvalue weighted by Gasteiger charge is 2.12. The van der Waals surface area contributed by atoms with E-state index in [0.29, 0.717) is 11.4 Å². The van der Waals surface area contributed by atoms with E-state index in [2.05, 4.69) is 32.1 Å². The van der Waals surface area contributed by atoms with Crippen molar-refractivity contribution in [1.29, 1.82) is 0 Å². The molecule has 0 aromatic carbocycles. The molecule has 0 N–H and O–H groups in total. The topological polar surface area (TPSA) is 51.5 Å². The normalized spacial score (nSPS) is 9.75. The van der Waals surface area contributed by atoms with Gasteiger partial charge in [-0.1, -0.05) is 13.8 Å². The molecule has 0 radical (unpaired) electrons. The molecule has 84 valence electrons. The number of rotatable bonds is 3. The first-order chi connectivity index (χ1) is 7.60. The summed E-state index contributed by atoms with van der Waals surface area (Å²) < 4.78 is 4.63. The van der Waals surface area contributed by atoms with Crippen molar-refractivity contribution in [2.45, 2.75) is 19.8 Å². The molecule has 16 heavy (non-hydrogen) atoms. The number of isothiocyanates is 1. The molecule has 0 aliphatic heterocycles. The smallest absolute Gasteiger partial charge is 0.339 e. The van der Waals surface area contributed by atoms with Crippen molar-refractivity contribution in [3.8, 4) is 0 Å². The first-order valence-electron chi connectivity index (χ1n) is 4.76. The molecule has 5 heteroatoms. The van der Waals surface area contributed by atoms with Crippen molar-refractivity contribution in [2.75, 3.05) is 7.11 Å². The van der Waals surface area contributed by atoms with E-state index < -0.39 is 5.97 Å². The zero-order valence-electron chi connectivity index (χ0n) is 9.35. The first kappa shape index (κ1) is 12.5. The van der Waals surface area contributed by atoms with Crippen molar-refractivity contribution in [1.82, 2.24) is 4.98 Å². The highest BCUT2D eigenvalue weighted by atomic mass is 32.1. The molecule has 0 atom stereocenters. The van der Waals surface area contributed by atoms with Gasteiger partial charge in [0.1, 0.15) is 0 Å². The van der Waals surface area contributed by atoms with Gasteiger partial charge in [0, 0.05) is 11.8 Å². The second kappa shape index (κ2) is 5.49. The number of thiocarbonyl (C=S) groups is 1. The number of carbonyl (C=O) groups excluding carboxylic acids is 1. The van der Waals surface area contributed by atoms with Crippen LogP contribution < -0.4 is 0 Å². The molecule has 0 bridgehead atoms. The van der Waals surface area contributed by atoms with E-state index in [4.69, 9.17) is 0 Å². The molecule has 0 unspecified atom stereocenters. The summed E-state index contributed by atoms with van der Waals surface area (Å²) in [7, 11) is 1.33. The third-order valence-electron chi connectivity index (χ3n) is 2.09. The lowest BCUT2D eigenvalue weighted by atomic mass is 10.0. The van der Waals surface area contributed by atoms with Gasteiger partial charge in [0.2, 0.25) is 0 Å². The van der Waals surface area contributed by atoms with E-state index >= 15 is 0 Å². The summed E-state index contributed by atoms with van der Waals surface area (Å²) in [6.45, 7) is 3.97. The van der Waals surface area contributed by atoms with Gasteiger partial charge in [-0.2, -0.15) is 4.99 Å². The first-order valence-corrected chi connectivity index (χ1v) is 5.17. The summed E-state index contributed by atoms with van der Waals surface area (Å²) in [6, 6.07) is 1.72. The third-order valence-corrected chi connectivity index (χ3v) is 2.18.